The minimum Gasteiger partial charge on any atom is -0.470 e. The molecule has 1 fully saturated rings. The largest absolute Gasteiger partial charge is 0.470 e. The highest BCUT2D eigenvalue weighted by Gasteiger charge is 2.39. The van der Waals surface area contributed by atoms with Crippen LogP contribution in [0.1, 0.15) is 45.5 Å². The number of benzene rings is 2. The fourth-order valence-electron chi connectivity index (χ4n) is 4.05. The summed E-state index contributed by atoms with van der Waals surface area (Å²) in [6, 6.07) is 8.94. The maximum absolute atomic E-state index is 13.3. The Hall–Kier alpha value is -3.09. The van der Waals surface area contributed by atoms with Crippen molar-refractivity contribution in [1.29, 1.82) is 0 Å². The molecule has 0 spiro atoms. The number of Topliss-reactive ketones (excluding diaryl/α,β-unsaturated/α-hetero) is 1. The molecule has 0 radical (unpaired) electrons. The molecule has 1 saturated heterocycles. The number of rotatable bonds is 3. The number of carbonyl (C=O) groups is 2. The van der Waals surface area contributed by atoms with E-state index in [2.05, 4.69) is 10.2 Å². The summed E-state index contributed by atoms with van der Waals surface area (Å²) in [7, 11) is 0. The molecule has 6 nitrogen and oxygen atoms in total. The van der Waals surface area contributed by atoms with Gasteiger partial charge in [0.1, 0.15) is 17.6 Å². The molecule has 5 rings (SSSR count). The van der Waals surface area contributed by atoms with E-state index in [0.29, 0.717) is 42.0 Å². The molecule has 0 N–H and O–H groups in total. The second-order valence-electron chi connectivity index (χ2n) is 7.34. The predicted octanol–water partition coefficient (Wildman–Crippen LogP) is 4.06. The van der Waals surface area contributed by atoms with Gasteiger partial charge in [0.25, 0.3) is 5.91 Å². The van der Waals surface area contributed by atoms with Gasteiger partial charge >= 0.3 is 0 Å². The highest BCUT2D eigenvalue weighted by Crippen LogP contribution is 2.39. The van der Waals surface area contributed by atoms with Crippen LogP contribution in [0.15, 0.2) is 46.6 Å². The lowest BCUT2D eigenvalue weighted by atomic mass is 9.94. The summed E-state index contributed by atoms with van der Waals surface area (Å²) >= 11 is 0. The number of ether oxygens (including phenoxy) is 1. The van der Waals surface area contributed by atoms with E-state index in [4.69, 9.17) is 4.74 Å². The van der Waals surface area contributed by atoms with Gasteiger partial charge in [-0.1, -0.05) is 12.1 Å². The Balaban J connectivity index is 1.40. The summed E-state index contributed by atoms with van der Waals surface area (Å²) in [5, 5.41) is 8.33. The van der Waals surface area contributed by atoms with E-state index in [9.17, 15) is 14.0 Å². The molecule has 0 bridgehead atoms. The zero-order chi connectivity index (χ0) is 19.3. The number of aryl methyl sites for hydroxylation is 1. The van der Waals surface area contributed by atoms with E-state index in [-0.39, 0.29) is 23.7 Å². The fourth-order valence-corrected chi connectivity index (χ4v) is 4.05. The number of fused-ring (bicyclic) bond motifs is 3. The van der Waals surface area contributed by atoms with Crippen molar-refractivity contribution in [1.82, 2.24) is 4.90 Å². The van der Waals surface area contributed by atoms with Crippen LogP contribution in [0.5, 0.6) is 5.75 Å². The monoisotopic (exact) mass is 379 g/mol. The smallest absolute Gasteiger partial charge is 0.260 e. The Bertz CT molecular complexity index is 1020. The van der Waals surface area contributed by atoms with E-state index in [1.54, 1.807) is 23.1 Å². The van der Waals surface area contributed by atoms with Crippen LogP contribution in [0.25, 0.3) is 0 Å². The van der Waals surface area contributed by atoms with E-state index >= 15 is 0 Å². The zero-order valence-electron chi connectivity index (χ0n) is 15.1. The molecule has 3 aliphatic rings. The van der Waals surface area contributed by atoms with E-state index in [1.807, 2.05) is 6.07 Å². The van der Waals surface area contributed by atoms with Gasteiger partial charge in [-0.2, -0.15) is 10.2 Å². The predicted molar refractivity (Wildman–Crippen MR) is 98.5 cm³/mol. The Kier molecular flexibility index (Phi) is 3.96. The Labute approximate surface area is 161 Å². The summed E-state index contributed by atoms with van der Waals surface area (Å²) in [4.78, 5) is 27.3. The summed E-state index contributed by atoms with van der Waals surface area (Å²) in [6.07, 6.45) is 2.43. The normalized spacial score (nSPS) is 22.5. The molecule has 0 aliphatic carbocycles. The number of ketones is 1. The number of azo groups is 1. The van der Waals surface area contributed by atoms with Crippen LogP contribution in [0.4, 0.5) is 10.1 Å². The first-order valence-electron chi connectivity index (χ1n) is 9.45. The average Bonchev–Trinajstić information content (AvgIpc) is 3.16. The topological polar surface area (TPSA) is 71.3 Å². The van der Waals surface area contributed by atoms with Crippen molar-refractivity contribution < 1.29 is 18.7 Å². The fraction of sp³-hybridized carbons (Fsp3) is 0.333. The third-order valence-electron chi connectivity index (χ3n) is 5.52. The van der Waals surface area contributed by atoms with Crippen LogP contribution < -0.4 is 4.74 Å². The first-order chi connectivity index (χ1) is 13.6. The van der Waals surface area contributed by atoms with E-state index < -0.39 is 6.04 Å². The lowest BCUT2D eigenvalue weighted by Gasteiger charge is -2.32. The average molecular weight is 379 g/mol. The molecule has 142 valence electrons. The third kappa shape index (κ3) is 2.78. The van der Waals surface area contributed by atoms with Crippen LogP contribution in [-0.4, -0.2) is 35.4 Å². The van der Waals surface area contributed by atoms with E-state index in [0.717, 1.165) is 18.4 Å². The van der Waals surface area contributed by atoms with Crippen molar-refractivity contribution in [3.63, 3.8) is 0 Å². The molecule has 7 heteroatoms. The molecule has 0 saturated carbocycles. The van der Waals surface area contributed by atoms with Gasteiger partial charge in [0.05, 0.1) is 16.8 Å². The van der Waals surface area contributed by atoms with Crippen molar-refractivity contribution in [2.75, 3.05) is 6.54 Å². The first kappa shape index (κ1) is 17.0. The molecule has 3 aliphatic heterocycles. The maximum Gasteiger partial charge on any atom is 0.260 e. The first-order valence-corrected chi connectivity index (χ1v) is 9.45. The third-order valence-corrected chi connectivity index (χ3v) is 5.52. The highest BCUT2D eigenvalue weighted by atomic mass is 19.1. The van der Waals surface area contributed by atoms with Gasteiger partial charge in [-0.25, -0.2) is 4.39 Å². The number of carbonyl (C=O) groups excluding carboxylic acids is 2. The molecular formula is C21H18FN3O3. The van der Waals surface area contributed by atoms with Crippen molar-refractivity contribution >= 4 is 17.4 Å². The molecule has 1 amide bonds. The Morgan fingerprint density at radius 1 is 1.18 bits per heavy atom. The van der Waals surface area contributed by atoms with Crippen LogP contribution in [0.3, 0.4) is 0 Å². The van der Waals surface area contributed by atoms with Crippen LogP contribution in [0, 0.1) is 5.82 Å². The number of amides is 1. The highest BCUT2D eigenvalue weighted by molar-refractivity contribution is 6.08. The zero-order valence-corrected chi connectivity index (χ0v) is 15.1. The molecule has 0 aromatic heterocycles. The van der Waals surface area contributed by atoms with Gasteiger partial charge in [-0.05, 0) is 49.1 Å². The second-order valence-corrected chi connectivity index (χ2v) is 7.34. The van der Waals surface area contributed by atoms with E-state index in [1.165, 1.54) is 12.1 Å². The van der Waals surface area contributed by atoms with Gasteiger partial charge in [0.15, 0.2) is 12.0 Å². The summed E-state index contributed by atoms with van der Waals surface area (Å²) in [5.74, 6) is -0.0772. The lowest BCUT2D eigenvalue weighted by molar-refractivity contribution is 0.0293. The number of hydrogen-bond acceptors (Lipinski definition) is 5. The van der Waals surface area contributed by atoms with Crippen LogP contribution in [-0.2, 0) is 6.42 Å². The van der Waals surface area contributed by atoms with Gasteiger partial charge in [0, 0.05) is 13.0 Å². The molecule has 2 aromatic rings. The number of halogens is 1. The molecule has 2 aromatic carbocycles. The molecule has 28 heavy (non-hydrogen) atoms. The van der Waals surface area contributed by atoms with Crippen molar-refractivity contribution in [2.24, 2.45) is 10.2 Å². The van der Waals surface area contributed by atoms with Crippen molar-refractivity contribution in [3.05, 3.63) is 58.9 Å². The van der Waals surface area contributed by atoms with Gasteiger partial charge < -0.3 is 9.64 Å². The standard InChI is InChI=1S/C21H18FN3O3/c22-13-4-1-3-12(9-13)6-7-16-20(26)14-11-18-15(10-17(14)24-23-16)21(27)25-8-2-5-19(25)28-18/h1,3-4,9-11,16,19H,2,5-8H2. The Morgan fingerprint density at radius 3 is 2.93 bits per heavy atom. The molecule has 3 heterocycles. The quantitative estimate of drug-likeness (QED) is 0.807. The molecule has 2 unspecified atom stereocenters. The van der Waals surface area contributed by atoms with Crippen molar-refractivity contribution in [2.45, 2.75) is 38.0 Å². The maximum atomic E-state index is 13.3. The number of nitrogens with zero attached hydrogens (tertiary/aromatic N) is 3. The molecular weight excluding hydrogens is 361 g/mol. The lowest BCUT2D eigenvalue weighted by Crippen LogP contribution is -2.43. The van der Waals surface area contributed by atoms with Gasteiger partial charge in [-0.3, -0.25) is 9.59 Å². The number of hydrogen-bond donors (Lipinski definition) is 0. The van der Waals surface area contributed by atoms with Crippen LogP contribution in [0.2, 0.25) is 0 Å². The summed E-state index contributed by atoms with van der Waals surface area (Å²) < 4.78 is 19.3. The molecule has 2 atom stereocenters. The summed E-state index contributed by atoms with van der Waals surface area (Å²) in [5.41, 5.74) is 2.08. The second kappa shape index (κ2) is 6.51. The van der Waals surface area contributed by atoms with Crippen molar-refractivity contribution in [3.8, 4) is 5.75 Å². The SMILES string of the molecule is O=C1c2cc3c(cc2N=NC1CCc1cccc(F)c1)C(=O)N1CCCC1O3. The summed E-state index contributed by atoms with van der Waals surface area (Å²) in [6.45, 7) is 0.683. The minimum atomic E-state index is -0.615. The minimum absolute atomic E-state index is 0.0811. The van der Waals surface area contributed by atoms with Gasteiger partial charge in [-0.15, -0.1) is 0 Å². The van der Waals surface area contributed by atoms with Gasteiger partial charge in [0.2, 0.25) is 0 Å². The Morgan fingerprint density at radius 2 is 2.07 bits per heavy atom. The van der Waals surface area contributed by atoms with Crippen LogP contribution >= 0.6 is 0 Å².